The van der Waals surface area contributed by atoms with E-state index < -0.39 is 0 Å². The highest BCUT2D eigenvalue weighted by Gasteiger charge is 2.24. The number of rotatable bonds is 3. The van der Waals surface area contributed by atoms with Crippen LogP contribution in [0.2, 0.25) is 0 Å². The molecule has 0 fully saturated rings. The highest BCUT2D eigenvalue weighted by Crippen LogP contribution is 2.36. The van der Waals surface area contributed by atoms with Gasteiger partial charge in [0.05, 0.1) is 12.6 Å². The van der Waals surface area contributed by atoms with Gasteiger partial charge in [-0.05, 0) is 48.4 Å². The number of imidazole rings is 1. The van der Waals surface area contributed by atoms with Crippen molar-refractivity contribution in [2.45, 2.75) is 6.92 Å². The van der Waals surface area contributed by atoms with Crippen molar-refractivity contribution in [1.82, 2.24) is 4.57 Å². The molecule has 4 aromatic carbocycles. The summed E-state index contributed by atoms with van der Waals surface area (Å²) in [7, 11) is 2.05. The number of hydrogen-bond acceptors (Lipinski definition) is 1. The Morgan fingerprint density at radius 1 is 0.788 bits per heavy atom. The van der Waals surface area contributed by atoms with Crippen molar-refractivity contribution in [1.29, 1.82) is 0 Å². The standard InChI is InChI=1S/C29H22FN2O/c1-19-16-25-23-13-12-21(30)17-27(23)33-28(25)18-24(19)29-31(2)14-15-32(29)26-11-7-6-10-22(26)20-8-4-3-5-9-20/h3-18H,1-2H3/q+1. The molecule has 6 rings (SSSR count). The van der Waals surface area contributed by atoms with Gasteiger partial charge in [0.2, 0.25) is 0 Å². The van der Waals surface area contributed by atoms with Crippen LogP contribution in [0.1, 0.15) is 5.56 Å². The molecule has 0 atom stereocenters. The molecule has 0 radical (unpaired) electrons. The van der Waals surface area contributed by atoms with Gasteiger partial charge in [0.25, 0.3) is 5.82 Å². The molecule has 0 aliphatic rings. The van der Waals surface area contributed by atoms with E-state index in [0.29, 0.717) is 5.58 Å². The molecule has 0 amide bonds. The first-order valence-corrected chi connectivity index (χ1v) is 10.9. The normalized spacial score (nSPS) is 11.5. The molecule has 0 unspecified atom stereocenters. The summed E-state index contributed by atoms with van der Waals surface area (Å²) in [6.45, 7) is 2.11. The SMILES string of the molecule is Cc1cc2c(cc1-c1n(-c3ccccc3-c3ccccc3)cc[n+]1C)oc1cc(F)ccc12. The van der Waals surface area contributed by atoms with Crippen LogP contribution < -0.4 is 4.57 Å². The zero-order valence-corrected chi connectivity index (χ0v) is 18.4. The van der Waals surface area contributed by atoms with Gasteiger partial charge in [-0.15, -0.1) is 0 Å². The van der Waals surface area contributed by atoms with Gasteiger partial charge in [0, 0.05) is 22.4 Å². The molecular weight excluding hydrogens is 411 g/mol. The Morgan fingerprint density at radius 3 is 2.39 bits per heavy atom. The third-order valence-electron chi connectivity index (χ3n) is 6.27. The molecule has 0 bridgehead atoms. The summed E-state index contributed by atoms with van der Waals surface area (Å²) < 4.78 is 24.1. The predicted molar refractivity (Wildman–Crippen MR) is 130 cm³/mol. The molecule has 2 heterocycles. The van der Waals surface area contributed by atoms with Crippen LogP contribution in [0.3, 0.4) is 0 Å². The fraction of sp³-hybridized carbons (Fsp3) is 0.0690. The second-order valence-electron chi connectivity index (χ2n) is 8.39. The molecule has 0 aliphatic carbocycles. The molecule has 4 heteroatoms. The quantitative estimate of drug-likeness (QED) is 0.276. The summed E-state index contributed by atoms with van der Waals surface area (Å²) >= 11 is 0. The first kappa shape index (κ1) is 19.5. The van der Waals surface area contributed by atoms with Gasteiger partial charge in [-0.1, -0.05) is 48.5 Å². The molecule has 160 valence electrons. The molecule has 33 heavy (non-hydrogen) atoms. The molecule has 0 saturated carbocycles. The highest BCUT2D eigenvalue weighted by atomic mass is 19.1. The van der Waals surface area contributed by atoms with Gasteiger partial charge in [-0.2, -0.15) is 4.57 Å². The van der Waals surface area contributed by atoms with Crippen LogP contribution in [0.5, 0.6) is 0 Å². The highest BCUT2D eigenvalue weighted by molar-refractivity contribution is 6.06. The fourth-order valence-corrected chi connectivity index (χ4v) is 4.68. The van der Waals surface area contributed by atoms with E-state index in [1.54, 1.807) is 6.07 Å². The van der Waals surface area contributed by atoms with Gasteiger partial charge in [0.15, 0.2) is 0 Å². The molecular formula is C29H22FN2O+. The Bertz CT molecular complexity index is 1640. The van der Waals surface area contributed by atoms with Crippen molar-refractivity contribution in [3.63, 3.8) is 0 Å². The number of aromatic nitrogens is 2. The number of halogens is 1. The van der Waals surface area contributed by atoms with Crippen molar-refractivity contribution in [3.05, 3.63) is 109 Å². The zero-order valence-electron chi connectivity index (χ0n) is 18.4. The lowest BCUT2D eigenvalue weighted by molar-refractivity contribution is -0.659. The Labute approximate surface area is 191 Å². The van der Waals surface area contributed by atoms with E-state index in [9.17, 15) is 4.39 Å². The average molecular weight is 434 g/mol. The van der Waals surface area contributed by atoms with Crippen molar-refractivity contribution in [2.24, 2.45) is 7.05 Å². The van der Waals surface area contributed by atoms with Crippen LogP contribution in [0.4, 0.5) is 4.39 Å². The summed E-state index contributed by atoms with van der Waals surface area (Å²) in [4.78, 5) is 0. The maximum atomic E-state index is 13.8. The van der Waals surface area contributed by atoms with Crippen molar-refractivity contribution < 1.29 is 13.4 Å². The van der Waals surface area contributed by atoms with E-state index in [1.807, 2.05) is 6.07 Å². The lowest BCUT2D eigenvalue weighted by Gasteiger charge is -2.10. The maximum Gasteiger partial charge on any atom is 0.294 e. The second kappa shape index (κ2) is 7.45. The van der Waals surface area contributed by atoms with E-state index in [4.69, 9.17) is 4.42 Å². The summed E-state index contributed by atoms with van der Waals surface area (Å²) in [6.07, 6.45) is 4.16. The van der Waals surface area contributed by atoms with E-state index in [1.165, 1.54) is 17.7 Å². The summed E-state index contributed by atoms with van der Waals surface area (Å²) in [6, 6.07) is 27.8. The van der Waals surface area contributed by atoms with Crippen LogP contribution >= 0.6 is 0 Å². The molecule has 0 saturated heterocycles. The monoisotopic (exact) mass is 433 g/mol. The number of benzene rings is 4. The third-order valence-corrected chi connectivity index (χ3v) is 6.27. The number of para-hydroxylation sites is 1. The molecule has 0 aliphatic heterocycles. The third kappa shape index (κ3) is 3.14. The Kier molecular flexibility index (Phi) is 4.40. The zero-order chi connectivity index (χ0) is 22.5. The van der Waals surface area contributed by atoms with E-state index in [2.05, 4.69) is 96.2 Å². The minimum absolute atomic E-state index is 0.295. The first-order chi connectivity index (χ1) is 16.1. The fourth-order valence-electron chi connectivity index (χ4n) is 4.68. The van der Waals surface area contributed by atoms with Gasteiger partial charge in [-0.25, -0.2) is 8.96 Å². The van der Waals surface area contributed by atoms with Gasteiger partial charge >= 0.3 is 0 Å². The minimum Gasteiger partial charge on any atom is -0.456 e. The van der Waals surface area contributed by atoms with Crippen LogP contribution in [0.25, 0.3) is 50.1 Å². The lowest BCUT2D eigenvalue weighted by Crippen LogP contribution is -2.29. The number of fused-ring (bicyclic) bond motifs is 3. The molecule has 0 spiro atoms. The lowest BCUT2D eigenvalue weighted by atomic mass is 10.0. The van der Waals surface area contributed by atoms with Gasteiger partial charge < -0.3 is 4.42 Å². The van der Waals surface area contributed by atoms with E-state index in [0.717, 1.165) is 44.6 Å². The number of furan rings is 1. The minimum atomic E-state index is -0.295. The second-order valence-corrected chi connectivity index (χ2v) is 8.39. The summed E-state index contributed by atoms with van der Waals surface area (Å²) in [5, 5.41) is 1.92. The number of hydrogen-bond donors (Lipinski definition) is 0. The Morgan fingerprint density at radius 2 is 1.55 bits per heavy atom. The summed E-state index contributed by atoms with van der Waals surface area (Å²) in [5.41, 5.74) is 6.94. The number of aryl methyl sites for hydroxylation is 2. The van der Waals surface area contributed by atoms with Crippen LogP contribution in [0, 0.1) is 12.7 Å². The Balaban J connectivity index is 1.59. The topological polar surface area (TPSA) is 21.9 Å². The van der Waals surface area contributed by atoms with Crippen molar-refractivity contribution >= 4 is 21.9 Å². The molecule has 2 aromatic heterocycles. The predicted octanol–water partition coefficient (Wildman–Crippen LogP) is 6.98. The Hall–Kier alpha value is -4.18. The van der Waals surface area contributed by atoms with E-state index >= 15 is 0 Å². The van der Waals surface area contributed by atoms with E-state index in [-0.39, 0.29) is 5.82 Å². The average Bonchev–Trinajstić information content (AvgIpc) is 3.38. The number of nitrogens with zero attached hydrogens (tertiary/aromatic N) is 2. The first-order valence-electron chi connectivity index (χ1n) is 10.9. The van der Waals surface area contributed by atoms with Crippen LogP contribution in [-0.4, -0.2) is 4.57 Å². The maximum absolute atomic E-state index is 13.8. The smallest absolute Gasteiger partial charge is 0.294 e. The van der Waals surface area contributed by atoms with Crippen LogP contribution in [0.15, 0.2) is 102 Å². The molecule has 6 aromatic rings. The van der Waals surface area contributed by atoms with Gasteiger partial charge in [0.1, 0.15) is 35.1 Å². The van der Waals surface area contributed by atoms with Gasteiger partial charge in [-0.3, -0.25) is 0 Å². The molecule has 3 nitrogen and oxygen atoms in total. The summed E-state index contributed by atoms with van der Waals surface area (Å²) in [5.74, 6) is 0.751. The largest absolute Gasteiger partial charge is 0.456 e. The molecule has 0 N–H and O–H groups in total. The van der Waals surface area contributed by atoms with Crippen molar-refractivity contribution in [2.75, 3.05) is 0 Å². The van der Waals surface area contributed by atoms with Crippen molar-refractivity contribution in [3.8, 4) is 28.2 Å². The van der Waals surface area contributed by atoms with Crippen LogP contribution in [-0.2, 0) is 7.05 Å².